The van der Waals surface area contributed by atoms with Crippen molar-refractivity contribution in [2.24, 2.45) is 7.05 Å². The average molecular weight is 451 g/mol. The van der Waals surface area contributed by atoms with Gasteiger partial charge in [0.05, 0.1) is 12.5 Å². The second kappa shape index (κ2) is 7.94. The minimum absolute atomic E-state index is 0.0697. The molecule has 0 spiro atoms. The number of likely N-dealkylation sites (tertiary alicyclic amines) is 1. The van der Waals surface area contributed by atoms with Gasteiger partial charge in [-0.3, -0.25) is 14.2 Å². The molecule has 0 bridgehead atoms. The van der Waals surface area contributed by atoms with Crippen LogP contribution in [0.15, 0.2) is 33.6 Å². The van der Waals surface area contributed by atoms with Crippen molar-refractivity contribution >= 4 is 27.6 Å². The summed E-state index contributed by atoms with van der Waals surface area (Å²) in [6.07, 6.45) is 2.07. The van der Waals surface area contributed by atoms with Gasteiger partial charge in [-0.2, -0.15) is 4.98 Å². The second-order valence-corrected chi connectivity index (χ2v) is 9.07. The molecule has 4 heterocycles. The number of rotatable bonds is 4. The van der Waals surface area contributed by atoms with Crippen LogP contribution < -0.4 is 5.56 Å². The van der Waals surface area contributed by atoms with E-state index < -0.39 is 0 Å². The van der Waals surface area contributed by atoms with Crippen molar-refractivity contribution in [3.63, 3.8) is 0 Å². The zero-order valence-corrected chi connectivity index (χ0v) is 18.8. The monoisotopic (exact) mass is 450 g/mol. The smallest absolute Gasteiger partial charge is 0.294 e. The Bertz CT molecular complexity index is 1390. The molecule has 1 atom stereocenters. The van der Waals surface area contributed by atoms with Crippen LogP contribution in [0.5, 0.6) is 0 Å². The van der Waals surface area contributed by atoms with E-state index >= 15 is 0 Å². The molecule has 10 heteroatoms. The van der Waals surface area contributed by atoms with E-state index in [-0.39, 0.29) is 23.4 Å². The van der Waals surface area contributed by atoms with Gasteiger partial charge in [-0.1, -0.05) is 46.3 Å². The van der Waals surface area contributed by atoms with E-state index in [9.17, 15) is 9.59 Å². The first kappa shape index (κ1) is 20.5. The maximum atomic E-state index is 13.1. The Balaban J connectivity index is 1.47. The minimum atomic E-state index is -0.279. The Morgan fingerprint density at radius 2 is 2.09 bits per heavy atom. The number of aryl methyl sites for hydroxylation is 2. The molecule has 1 aliphatic rings. The Labute approximate surface area is 187 Å². The van der Waals surface area contributed by atoms with Crippen LogP contribution in [0.25, 0.3) is 22.1 Å². The zero-order chi connectivity index (χ0) is 22.4. The zero-order valence-electron chi connectivity index (χ0n) is 18.0. The number of benzene rings is 1. The van der Waals surface area contributed by atoms with Gasteiger partial charge in [0.2, 0.25) is 11.7 Å². The maximum absolute atomic E-state index is 13.1. The highest BCUT2D eigenvalue weighted by Crippen LogP contribution is 2.36. The molecule has 4 aromatic rings. The molecule has 1 saturated heterocycles. The molecule has 164 valence electrons. The molecular weight excluding hydrogens is 428 g/mol. The van der Waals surface area contributed by atoms with Crippen LogP contribution in [0.2, 0.25) is 0 Å². The molecule has 3 aromatic heterocycles. The van der Waals surface area contributed by atoms with Gasteiger partial charge in [-0.25, -0.2) is 9.97 Å². The van der Waals surface area contributed by atoms with Crippen LogP contribution >= 0.6 is 11.3 Å². The highest BCUT2D eigenvalue weighted by atomic mass is 32.1. The Hall–Kier alpha value is -3.40. The molecule has 1 aliphatic heterocycles. The van der Waals surface area contributed by atoms with Gasteiger partial charge < -0.3 is 9.42 Å². The van der Waals surface area contributed by atoms with Gasteiger partial charge in [-0.05, 0) is 32.3 Å². The first-order chi connectivity index (χ1) is 15.4. The van der Waals surface area contributed by atoms with Crippen molar-refractivity contribution in [1.82, 2.24) is 29.6 Å². The predicted molar refractivity (Wildman–Crippen MR) is 119 cm³/mol. The van der Waals surface area contributed by atoms with E-state index in [1.807, 2.05) is 36.1 Å². The fourth-order valence-corrected chi connectivity index (χ4v) is 5.19. The van der Waals surface area contributed by atoms with Gasteiger partial charge in [0.15, 0.2) is 16.2 Å². The van der Waals surface area contributed by atoms with E-state index in [1.54, 1.807) is 14.0 Å². The third kappa shape index (κ3) is 3.60. The number of amides is 1. The molecule has 0 N–H and O–H groups in total. The Morgan fingerprint density at radius 3 is 2.84 bits per heavy atom. The van der Waals surface area contributed by atoms with Crippen LogP contribution in [0.4, 0.5) is 0 Å². The average Bonchev–Trinajstić information content (AvgIpc) is 3.49. The normalized spacial score (nSPS) is 16.2. The van der Waals surface area contributed by atoms with Crippen LogP contribution in [-0.4, -0.2) is 42.0 Å². The summed E-state index contributed by atoms with van der Waals surface area (Å²) in [5, 5.41) is 4.52. The fourth-order valence-electron chi connectivity index (χ4n) is 4.11. The number of fused-ring (bicyclic) bond motifs is 1. The van der Waals surface area contributed by atoms with E-state index in [0.717, 1.165) is 29.0 Å². The van der Waals surface area contributed by atoms with Crippen molar-refractivity contribution in [3.05, 3.63) is 56.6 Å². The largest absolute Gasteiger partial charge is 0.333 e. The molecule has 0 radical (unpaired) electrons. The molecule has 32 heavy (non-hydrogen) atoms. The molecular formula is C22H22N6O3S. The number of thiazole rings is 1. The number of carbonyl (C=O) groups excluding carboxylic acids is 1. The number of hydrogen-bond acceptors (Lipinski definition) is 8. The van der Waals surface area contributed by atoms with Crippen molar-refractivity contribution in [3.8, 4) is 11.7 Å². The summed E-state index contributed by atoms with van der Waals surface area (Å²) in [5.74, 6) is 1.03. The predicted octanol–water partition coefficient (Wildman–Crippen LogP) is 2.96. The first-order valence-electron chi connectivity index (χ1n) is 10.4. The highest BCUT2D eigenvalue weighted by molar-refractivity contribution is 7.18. The lowest BCUT2D eigenvalue weighted by molar-refractivity contribution is -0.131. The lowest BCUT2D eigenvalue weighted by atomic mass is 10.1. The SMILES string of the molecule is Cc1cccc(CC(=O)N2CCC[C@@H]2c2nc3c(=O)n(C)c(-c4nc(C)no4)nc3s2)c1. The standard InChI is InChI=1S/C22H22N6O3S/c1-12-6-4-7-14(10-12)11-16(29)28-9-5-8-15(28)20-24-17-21(32-20)25-18(27(3)22(17)30)19-23-13(2)26-31-19/h4,6-7,10,15H,5,8-9,11H2,1-3H3/t15-/m1/s1. The van der Waals surface area contributed by atoms with Crippen molar-refractivity contribution in [2.75, 3.05) is 6.54 Å². The molecule has 1 amide bonds. The molecule has 0 aliphatic carbocycles. The third-order valence-electron chi connectivity index (χ3n) is 5.67. The fraction of sp³-hybridized carbons (Fsp3) is 0.364. The third-order valence-corrected chi connectivity index (χ3v) is 6.72. The summed E-state index contributed by atoms with van der Waals surface area (Å²) in [5.41, 5.74) is 2.15. The van der Waals surface area contributed by atoms with Crippen LogP contribution in [-0.2, 0) is 18.3 Å². The lowest BCUT2D eigenvalue weighted by Crippen LogP contribution is -2.31. The molecule has 1 aromatic carbocycles. The van der Waals surface area contributed by atoms with Crippen molar-refractivity contribution in [1.29, 1.82) is 0 Å². The van der Waals surface area contributed by atoms with Gasteiger partial charge in [0, 0.05) is 13.6 Å². The maximum Gasteiger partial charge on any atom is 0.294 e. The second-order valence-electron chi connectivity index (χ2n) is 8.06. The number of hydrogen-bond donors (Lipinski definition) is 0. The van der Waals surface area contributed by atoms with Crippen LogP contribution in [0, 0.1) is 13.8 Å². The summed E-state index contributed by atoms with van der Waals surface area (Å²) >= 11 is 1.34. The van der Waals surface area contributed by atoms with Gasteiger partial charge >= 0.3 is 0 Å². The van der Waals surface area contributed by atoms with Gasteiger partial charge in [0.1, 0.15) is 5.01 Å². The molecule has 0 unspecified atom stereocenters. The highest BCUT2D eigenvalue weighted by Gasteiger charge is 2.33. The molecule has 0 saturated carbocycles. The quantitative estimate of drug-likeness (QED) is 0.470. The summed E-state index contributed by atoms with van der Waals surface area (Å²) in [4.78, 5) is 41.8. The summed E-state index contributed by atoms with van der Waals surface area (Å²) in [6, 6.07) is 7.85. The lowest BCUT2D eigenvalue weighted by Gasteiger charge is -2.23. The number of nitrogens with zero attached hydrogens (tertiary/aromatic N) is 6. The topological polar surface area (TPSA) is 107 Å². The minimum Gasteiger partial charge on any atom is -0.333 e. The van der Waals surface area contributed by atoms with Crippen LogP contribution in [0.1, 0.15) is 40.8 Å². The van der Waals surface area contributed by atoms with E-state index in [0.29, 0.717) is 35.0 Å². The van der Waals surface area contributed by atoms with Crippen LogP contribution in [0.3, 0.4) is 0 Å². The van der Waals surface area contributed by atoms with Crippen molar-refractivity contribution in [2.45, 2.75) is 39.2 Å². The summed E-state index contributed by atoms with van der Waals surface area (Å²) in [6.45, 7) is 4.41. The Morgan fingerprint density at radius 1 is 1.25 bits per heavy atom. The molecule has 1 fully saturated rings. The Kier molecular flexibility index (Phi) is 5.09. The first-order valence-corrected chi connectivity index (χ1v) is 11.3. The van der Waals surface area contributed by atoms with E-state index in [4.69, 9.17) is 4.52 Å². The van der Waals surface area contributed by atoms with E-state index in [2.05, 4.69) is 20.1 Å². The summed E-state index contributed by atoms with van der Waals surface area (Å²) < 4.78 is 6.57. The molecule has 9 nitrogen and oxygen atoms in total. The number of aromatic nitrogens is 5. The van der Waals surface area contributed by atoms with E-state index in [1.165, 1.54) is 15.9 Å². The van der Waals surface area contributed by atoms with Gasteiger partial charge in [0.25, 0.3) is 11.4 Å². The molecule has 5 rings (SSSR count). The van der Waals surface area contributed by atoms with Gasteiger partial charge in [-0.15, -0.1) is 0 Å². The summed E-state index contributed by atoms with van der Waals surface area (Å²) in [7, 11) is 1.61. The van der Waals surface area contributed by atoms with Crippen molar-refractivity contribution < 1.29 is 9.32 Å². The number of carbonyl (C=O) groups is 1.